The van der Waals surface area contributed by atoms with Gasteiger partial charge in [0.1, 0.15) is 5.75 Å². The molecule has 7 heteroatoms. The van der Waals surface area contributed by atoms with Crippen LogP contribution in [-0.2, 0) is 9.47 Å². The third kappa shape index (κ3) is 3.94. The number of hydrogen-bond donors (Lipinski definition) is 1. The second-order valence-electron chi connectivity index (χ2n) is 3.63. The molecule has 0 spiro atoms. The molecule has 102 valence electrons. The second kappa shape index (κ2) is 6.72. The fraction of sp³-hybridized carbons (Fsp3) is 0.333. The van der Waals surface area contributed by atoms with Crippen LogP contribution in [0.4, 0.5) is 0 Å². The van der Waals surface area contributed by atoms with E-state index < -0.39 is 5.76 Å². The number of aromatic nitrogens is 2. The van der Waals surface area contributed by atoms with Gasteiger partial charge in [-0.25, -0.2) is 4.79 Å². The van der Waals surface area contributed by atoms with Crippen molar-refractivity contribution in [2.75, 3.05) is 27.1 Å². The molecule has 0 unspecified atom stereocenters. The molecule has 0 radical (unpaired) electrons. The predicted octanol–water partition coefficient (Wildman–Crippen LogP) is 1.03. The highest BCUT2D eigenvalue weighted by Crippen LogP contribution is 2.18. The Bertz CT molecular complexity index is 546. The van der Waals surface area contributed by atoms with Crippen molar-refractivity contribution in [3.63, 3.8) is 0 Å². The number of rotatable bonds is 7. The summed E-state index contributed by atoms with van der Waals surface area (Å²) in [6.07, 6.45) is 0. The van der Waals surface area contributed by atoms with Crippen molar-refractivity contribution in [2.24, 2.45) is 0 Å². The summed E-state index contributed by atoms with van der Waals surface area (Å²) in [6, 6.07) is 7.03. The molecule has 0 saturated heterocycles. The van der Waals surface area contributed by atoms with Gasteiger partial charge < -0.3 is 14.2 Å². The molecule has 0 saturated carbocycles. The van der Waals surface area contributed by atoms with E-state index in [-0.39, 0.29) is 6.79 Å². The molecular formula is C12H14N2O5. The number of H-pyrrole nitrogens is 1. The van der Waals surface area contributed by atoms with Gasteiger partial charge >= 0.3 is 5.76 Å². The first-order valence-electron chi connectivity index (χ1n) is 5.65. The van der Waals surface area contributed by atoms with Gasteiger partial charge in [-0.15, -0.1) is 0 Å². The Morgan fingerprint density at radius 2 is 2.05 bits per heavy atom. The van der Waals surface area contributed by atoms with E-state index in [0.717, 1.165) is 5.56 Å². The van der Waals surface area contributed by atoms with Crippen LogP contribution in [0.3, 0.4) is 0 Å². The summed E-state index contributed by atoms with van der Waals surface area (Å²) in [5.74, 6) is 0.460. The van der Waals surface area contributed by atoms with Crippen LogP contribution in [0.25, 0.3) is 11.4 Å². The molecule has 1 N–H and O–H groups in total. The summed E-state index contributed by atoms with van der Waals surface area (Å²) in [6.45, 7) is 1.17. The largest absolute Gasteiger partial charge is 0.468 e. The maximum absolute atomic E-state index is 10.8. The molecule has 1 aromatic heterocycles. The molecule has 0 aliphatic rings. The van der Waals surface area contributed by atoms with Gasteiger partial charge in [-0.05, 0) is 24.3 Å². The molecule has 0 atom stereocenters. The average molecular weight is 266 g/mol. The lowest BCUT2D eigenvalue weighted by Gasteiger charge is -2.07. The quantitative estimate of drug-likeness (QED) is 0.595. The van der Waals surface area contributed by atoms with Crippen LogP contribution in [0.5, 0.6) is 5.75 Å². The first-order chi connectivity index (χ1) is 9.29. The number of ether oxygens (including phenoxy) is 3. The van der Waals surface area contributed by atoms with Crippen molar-refractivity contribution < 1.29 is 18.7 Å². The average Bonchev–Trinajstić information content (AvgIpc) is 2.86. The van der Waals surface area contributed by atoms with E-state index in [1.54, 1.807) is 31.4 Å². The van der Waals surface area contributed by atoms with E-state index in [1.165, 1.54) is 0 Å². The standard InChI is InChI=1S/C12H14N2O5/c1-16-6-7-17-8-18-10-4-2-9(3-5-10)11-13-12(15)19-14-11/h2-5H,6-8H2,1H3,(H,13,14,15). The number of nitrogens with zero attached hydrogens (tertiary/aromatic N) is 1. The Kier molecular flexibility index (Phi) is 4.71. The number of benzene rings is 1. The second-order valence-corrected chi connectivity index (χ2v) is 3.63. The number of hydrogen-bond acceptors (Lipinski definition) is 6. The molecule has 0 fully saturated rings. The molecule has 19 heavy (non-hydrogen) atoms. The van der Waals surface area contributed by atoms with Crippen molar-refractivity contribution in [3.05, 3.63) is 34.8 Å². The van der Waals surface area contributed by atoms with Gasteiger partial charge in [-0.1, -0.05) is 5.16 Å². The lowest BCUT2D eigenvalue weighted by molar-refractivity contribution is -0.00846. The van der Waals surface area contributed by atoms with Crippen LogP contribution in [0.15, 0.2) is 33.6 Å². The van der Waals surface area contributed by atoms with Crippen molar-refractivity contribution >= 4 is 0 Å². The minimum absolute atomic E-state index is 0.156. The fourth-order valence-corrected chi connectivity index (χ4v) is 1.37. The summed E-state index contributed by atoms with van der Waals surface area (Å²) < 4.78 is 19.8. The summed E-state index contributed by atoms with van der Waals surface area (Å²) in [7, 11) is 1.61. The molecular weight excluding hydrogens is 252 g/mol. The van der Waals surface area contributed by atoms with Gasteiger partial charge in [0.05, 0.1) is 13.2 Å². The van der Waals surface area contributed by atoms with E-state index in [2.05, 4.69) is 14.7 Å². The topological polar surface area (TPSA) is 86.6 Å². The van der Waals surface area contributed by atoms with Crippen molar-refractivity contribution in [3.8, 4) is 17.1 Å². The maximum Gasteiger partial charge on any atom is 0.439 e. The molecule has 0 bridgehead atoms. The van der Waals surface area contributed by atoms with E-state index in [1.807, 2.05) is 0 Å². The molecule has 0 amide bonds. The lowest BCUT2D eigenvalue weighted by Crippen LogP contribution is -2.07. The lowest BCUT2D eigenvalue weighted by atomic mass is 10.2. The third-order valence-electron chi connectivity index (χ3n) is 2.31. The van der Waals surface area contributed by atoms with Crippen LogP contribution in [0.1, 0.15) is 0 Å². The molecule has 1 aromatic carbocycles. The first kappa shape index (κ1) is 13.3. The Labute approximate surface area is 109 Å². The van der Waals surface area contributed by atoms with Crippen molar-refractivity contribution in [1.29, 1.82) is 0 Å². The highest BCUT2D eigenvalue weighted by molar-refractivity contribution is 5.55. The molecule has 2 aromatic rings. The zero-order chi connectivity index (χ0) is 13.5. The molecule has 0 aliphatic carbocycles. The number of methoxy groups -OCH3 is 1. The van der Waals surface area contributed by atoms with E-state index >= 15 is 0 Å². The van der Waals surface area contributed by atoms with Gasteiger partial charge in [-0.3, -0.25) is 9.51 Å². The van der Waals surface area contributed by atoms with Crippen LogP contribution >= 0.6 is 0 Å². The van der Waals surface area contributed by atoms with E-state index in [4.69, 9.17) is 14.2 Å². The van der Waals surface area contributed by atoms with Gasteiger partial charge in [0, 0.05) is 12.7 Å². The zero-order valence-electron chi connectivity index (χ0n) is 10.4. The van der Waals surface area contributed by atoms with Crippen molar-refractivity contribution in [1.82, 2.24) is 10.1 Å². The minimum atomic E-state index is -0.582. The highest BCUT2D eigenvalue weighted by atomic mass is 16.7. The van der Waals surface area contributed by atoms with Gasteiger partial charge in [-0.2, -0.15) is 0 Å². The fourth-order valence-electron chi connectivity index (χ4n) is 1.37. The van der Waals surface area contributed by atoms with Gasteiger partial charge in [0.15, 0.2) is 12.6 Å². The number of aromatic amines is 1. The summed E-state index contributed by atoms with van der Waals surface area (Å²) >= 11 is 0. The Balaban J connectivity index is 1.86. The van der Waals surface area contributed by atoms with Crippen LogP contribution < -0.4 is 10.5 Å². The summed E-state index contributed by atoms with van der Waals surface area (Å²) in [5, 5.41) is 3.59. The van der Waals surface area contributed by atoms with Gasteiger partial charge in [0.2, 0.25) is 0 Å². The highest BCUT2D eigenvalue weighted by Gasteiger charge is 2.04. The van der Waals surface area contributed by atoms with E-state index in [0.29, 0.717) is 24.8 Å². The molecule has 1 heterocycles. The van der Waals surface area contributed by atoms with Crippen LogP contribution in [-0.4, -0.2) is 37.3 Å². The van der Waals surface area contributed by atoms with Crippen LogP contribution in [0, 0.1) is 0 Å². The SMILES string of the molecule is COCCOCOc1ccc(-c2noc(=O)[nH]2)cc1. The van der Waals surface area contributed by atoms with Gasteiger partial charge in [0.25, 0.3) is 0 Å². The van der Waals surface area contributed by atoms with Crippen molar-refractivity contribution in [2.45, 2.75) is 0 Å². The Morgan fingerprint density at radius 3 is 2.68 bits per heavy atom. The molecule has 2 rings (SSSR count). The normalized spacial score (nSPS) is 10.6. The summed E-state index contributed by atoms with van der Waals surface area (Å²) in [5.41, 5.74) is 0.735. The monoisotopic (exact) mass is 266 g/mol. The third-order valence-corrected chi connectivity index (χ3v) is 2.31. The number of nitrogens with one attached hydrogen (secondary N) is 1. The first-order valence-corrected chi connectivity index (χ1v) is 5.65. The Morgan fingerprint density at radius 1 is 1.26 bits per heavy atom. The minimum Gasteiger partial charge on any atom is -0.468 e. The molecule has 7 nitrogen and oxygen atoms in total. The molecule has 0 aliphatic heterocycles. The predicted molar refractivity (Wildman–Crippen MR) is 65.9 cm³/mol. The van der Waals surface area contributed by atoms with Crippen LogP contribution in [0.2, 0.25) is 0 Å². The van der Waals surface area contributed by atoms with E-state index in [9.17, 15) is 4.79 Å². The zero-order valence-corrected chi connectivity index (χ0v) is 10.4. The smallest absolute Gasteiger partial charge is 0.439 e. The maximum atomic E-state index is 10.8. The summed E-state index contributed by atoms with van der Waals surface area (Å²) in [4.78, 5) is 13.3. The Hall–Kier alpha value is -2.12.